The second kappa shape index (κ2) is 3.37. The van der Waals surface area contributed by atoms with Crippen molar-refractivity contribution >= 4 is 44.3 Å². The first kappa shape index (κ1) is 9.68. The number of aromatic nitrogens is 2. The number of carbonyl (C=O) groups is 1. The first-order valence-corrected chi connectivity index (χ1v) is 5.11. The normalized spacial score (nSPS) is 10.8. The summed E-state index contributed by atoms with van der Waals surface area (Å²) < 4.78 is 1.98. The Morgan fingerprint density at radius 1 is 1.57 bits per heavy atom. The summed E-state index contributed by atoms with van der Waals surface area (Å²) in [5.74, 6) is -0.136. The van der Waals surface area contributed by atoms with E-state index < -0.39 is 0 Å². The number of rotatable bonds is 0. The van der Waals surface area contributed by atoms with Crippen LogP contribution in [0.4, 0.5) is 0 Å². The molecule has 0 bridgehead atoms. The summed E-state index contributed by atoms with van der Waals surface area (Å²) >= 11 is 9.12. The van der Waals surface area contributed by atoms with Gasteiger partial charge in [0.25, 0.3) is 0 Å². The number of carbonyl (C=O) groups excluding carboxylic acids is 1. The average molecular weight is 274 g/mol. The molecule has 2 aromatic rings. The molecule has 3 nitrogen and oxygen atoms in total. The Hall–Kier alpha value is -0.870. The van der Waals surface area contributed by atoms with Crippen molar-refractivity contribution in [3.05, 3.63) is 27.8 Å². The molecule has 72 valence electrons. The van der Waals surface area contributed by atoms with E-state index in [9.17, 15) is 4.79 Å². The number of halogens is 2. The Balaban J connectivity index is 2.85. The quantitative estimate of drug-likeness (QED) is 0.739. The fraction of sp³-hybridized carbons (Fsp3) is 0.111. The zero-order chi connectivity index (χ0) is 10.3. The minimum atomic E-state index is -0.136. The third kappa shape index (κ3) is 1.44. The molecule has 1 aromatic carbocycles. The highest BCUT2D eigenvalue weighted by atomic mass is 79.9. The number of fused-ring (bicyclic) bond motifs is 1. The van der Waals surface area contributed by atoms with Gasteiger partial charge in [0.1, 0.15) is 4.60 Å². The van der Waals surface area contributed by atoms with Gasteiger partial charge in [-0.15, -0.1) is 0 Å². The highest BCUT2D eigenvalue weighted by Gasteiger charge is 2.10. The Morgan fingerprint density at radius 2 is 2.29 bits per heavy atom. The third-order valence-electron chi connectivity index (χ3n) is 1.90. The number of nitrogens with zero attached hydrogens (tertiary/aromatic N) is 2. The van der Waals surface area contributed by atoms with Crippen molar-refractivity contribution in [2.24, 2.45) is 0 Å². The predicted octanol–water partition coefficient (Wildman–Crippen LogP) is 3.11. The molecule has 0 amide bonds. The lowest BCUT2D eigenvalue weighted by atomic mass is 10.2. The molecule has 14 heavy (non-hydrogen) atoms. The summed E-state index contributed by atoms with van der Waals surface area (Å²) in [6, 6.07) is 5.31. The summed E-state index contributed by atoms with van der Waals surface area (Å²) in [6.45, 7) is 1.46. The molecule has 0 aliphatic carbocycles. The number of benzene rings is 1. The van der Waals surface area contributed by atoms with Gasteiger partial charge >= 0.3 is 0 Å². The summed E-state index contributed by atoms with van der Waals surface area (Å²) in [7, 11) is 0. The van der Waals surface area contributed by atoms with Gasteiger partial charge in [-0.3, -0.25) is 4.79 Å². The Morgan fingerprint density at radius 3 is 2.93 bits per heavy atom. The molecule has 0 atom stereocenters. The maximum Gasteiger partial charge on any atom is 0.244 e. The van der Waals surface area contributed by atoms with E-state index in [2.05, 4.69) is 21.0 Å². The zero-order valence-electron chi connectivity index (χ0n) is 7.29. The molecule has 0 radical (unpaired) electrons. The van der Waals surface area contributed by atoms with E-state index in [1.807, 2.05) is 6.07 Å². The lowest BCUT2D eigenvalue weighted by Gasteiger charge is -1.96. The second-order valence-electron chi connectivity index (χ2n) is 2.88. The van der Waals surface area contributed by atoms with Crippen molar-refractivity contribution in [2.45, 2.75) is 6.92 Å². The molecule has 0 saturated carbocycles. The van der Waals surface area contributed by atoms with Crippen LogP contribution in [0.5, 0.6) is 0 Å². The Labute approximate surface area is 93.8 Å². The Kier molecular flexibility index (Phi) is 2.33. The van der Waals surface area contributed by atoms with Crippen molar-refractivity contribution in [2.75, 3.05) is 0 Å². The predicted molar refractivity (Wildman–Crippen MR) is 58.7 cm³/mol. The molecule has 0 spiro atoms. The van der Waals surface area contributed by atoms with E-state index in [0.29, 0.717) is 9.63 Å². The van der Waals surface area contributed by atoms with E-state index >= 15 is 0 Å². The molecule has 0 saturated heterocycles. The smallest absolute Gasteiger partial charge is 0.244 e. The van der Waals surface area contributed by atoms with Crippen LogP contribution in [0.3, 0.4) is 0 Å². The molecule has 1 heterocycles. The highest BCUT2D eigenvalue weighted by molar-refractivity contribution is 9.10. The average Bonchev–Trinajstić information content (AvgIpc) is 2.43. The van der Waals surface area contributed by atoms with Crippen molar-refractivity contribution in [1.82, 2.24) is 9.78 Å². The van der Waals surface area contributed by atoms with Crippen LogP contribution in [0.15, 0.2) is 22.8 Å². The molecular weight excluding hydrogens is 267 g/mol. The van der Waals surface area contributed by atoms with Crippen molar-refractivity contribution < 1.29 is 4.79 Å². The maximum atomic E-state index is 11.2. The fourth-order valence-electron chi connectivity index (χ4n) is 1.29. The van der Waals surface area contributed by atoms with Crippen LogP contribution in [0.1, 0.15) is 11.7 Å². The van der Waals surface area contributed by atoms with Gasteiger partial charge in [-0.25, -0.2) is 0 Å². The van der Waals surface area contributed by atoms with Gasteiger partial charge in [0.05, 0.1) is 5.52 Å². The number of hydrogen-bond acceptors (Lipinski definition) is 2. The minimum Gasteiger partial charge on any atom is -0.273 e. The van der Waals surface area contributed by atoms with Crippen LogP contribution in [0, 0.1) is 0 Å². The standard InChI is InChI=1S/C9H6BrClN2O/c1-5(14)13-8-4-6(11)2-3-7(8)9(10)12-13/h2-4H,1H3. The van der Waals surface area contributed by atoms with Crippen molar-refractivity contribution in [3.63, 3.8) is 0 Å². The van der Waals surface area contributed by atoms with Gasteiger partial charge in [0, 0.05) is 17.3 Å². The number of hydrogen-bond donors (Lipinski definition) is 0. The van der Waals surface area contributed by atoms with Gasteiger partial charge in [-0.05, 0) is 34.1 Å². The summed E-state index contributed by atoms with van der Waals surface area (Å²) in [4.78, 5) is 11.2. The molecule has 1 aromatic heterocycles. The van der Waals surface area contributed by atoms with Crippen molar-refractivity contribution in [3.8, 4) is 0 Å². The second-order valence-corrected chi connectivity index (χ2v) is 4.07. The largest absolute Gasteiger partial charge is 0.273 e. The van der Waals surface area contributed by atoms with Crippen LogP contribution in [0.2, 0.25) is 5.02 Å². The first-order valence-electron chi connectivity index (χ1n) is 3.94. The van der Waals surface area contributed by atoms with Crippen molar-refractivity contribution in [1.29, 1.82) is 0 Å². The van der Waals surface area contributed by atoms with E-state index in [0.717, 1.165) is 10.9 Å². The van der Waals surface area contributed by atoms with E-state index in [1.165, 1.54) is 11.6 Å². The molecule has 0 unspecified atom stereocenters. The van der Waals surface area contributed by atoms with Gasteiger partial charge in [-0.1, -0.05) is 11.6 Å². The summed E-state index contributed by atoms with van der Waals surface area (Å²) in [5.41, 5.74) is 0.719. The van der Waals surface area contributed by atoms with Gasteiger partial charge in [-0.2, -0.15) is 9.78 Å². The first-order chi connectivity index (χ1) is 6.59. The lowest BCUT2D eigenvalue weighted by molar-refractivity contribution is 0.0926. The van der Waals surface area contributed by atoms with E-state index in [-0.39, 0.29) is 5.91 Å². The summed E-state index contributed by atoms with van der Waals surface area (Å²) in [5, 5.41) is 5.52. The van der Waals surface area contributed by atoms with Crippen LogP contribution in [0.25, 0.3) is 10.9 Å². The van der Waals surface area contributed by atoms with Gasteiger partial charge < -0.3 is 0 Å². The lowest BCUT2D eigenvalue weighted by Crippen LogP contribution is -2.06. The van der Waals surface area contributed by atoms with Gasteiger partial charge in [0.2, 0.25) is 5.91 Å². The van der Waals surface area contributed by atoms with Crippen LogP contribution >= 0.6 is 27.5 Å². The molecule has 2 rings (SSSR count). The molecule has 0 aliphatic rings. The molecule has 0 aliphatic heterocycles. The topological polar surface area (TPSA) is 34.9 Å². The Bertz CT molecular complexity index is 521. The molecular formula is C9H6BrClN2O. The maximum absolute atomic E-state index is 11.2. The molecule has 0 N–H and O–H groups in total. The monoisotopic (exact) mass is 272 g/mol. The zero-order valence-corrected chi connectivity index (χ0v) is 9.63. The highest BCUT2D eigenvalue weighted by Crippen LogP contribution is 2.25. The van der Waals surface area contributed by atoms with E-state index in [4.69, 9.17) is 11.6 Å². The molecule has 5 heteroatoms. The van der Waals surface area contributed by atoms with Crippen LogP contribution < -0.4 is 0 Å². The van der Waals surface area contributed by atoms with Gasteiger partial charge in [0.15, 0.2) is 0 Å². The SMILES string of the molecule is CC(=O)n1nc(Br)c2ccc(Cl)cc21. The molecule has 0 fully saturated rings. The minimum absolute atomic E-state index is 0.136. The fourth-order valence-corrected chi connectivity index (χ4v) is 1.95. The van der Waals surface area contributed by atoms with E-state index in [1.54, 1.807) is 12.1 Å². The summed E-state index contributed by atoms with van der Waals surface area (Å²) in [6.07, 6.45) is 0. The third-order valence-corrected chi connectivity index (χ3v) is 2.72. The van der Waals surface area contributed by atoms with Crippen LogP contribution in [-0.2, 0) is 0 Å². The van der Waals surface area contributed by atoms with Crippen LogP contribution in [-0.4, -0.2) is 15.7 Å².